The Morgan fingerprint density at radius 2 is 2.06 bits per heavy atom. The SMILES string of the molecule is COc1cc(F)cc(-c2cnc3ccc(-c4cncc(OC(C)Cn5cnnn5)n4)nn23)c1C#N. The zero-order chi connectivity index (χ0) is 24.4. The molecule has 1 aromatic carbocycles. The van der Waals surface area contributed by atoms with E-state index in [-0.39, 0.29) is 17.4 Å². The molecule has 4 heterocycles. The molecule has 1 unspecified atom stereocenters. The first-order valence-corrected chi connectivity index (χ1v) is 10.4. The lowest BCUT2D eigenvalue weighted by Crippen LogP contribution is -2.20. The fourth-order valence-corrected chi connectivity index (χ4v) is 3.55. The van der Waals surface area contributed by atoms with Gasteiger partial charge in [-0.3, -0.25) is 4.98 Å². The summed E-state index contributed by atoms with van der Waals surface area (Å²) in [5.74, 6) is -0.119. The third kappa shape index (κ3) is 4.32. The lowest BCUT2D eigenvalue weighted by Gasteiger charge is -2.13. The predicted octanol–water partition coefficient (Wildman–Crippen LogP) is 2.33. The molecule has 35 heavy (non-hydrogen) atoms. The number of hydrogen-bond donors (Lipinski definition) is 0. The number of imidazole rings is 1. The number of hydrogen-bond acceptors (Lipinski definition) is 10. The van der Waals surface area contributed by atoms with Gasteiger partial charge in [0.15, 0.2) is 5.65 Å². The van der Waals surface area contributed by atoms with Crippen molar-refractivity contribution >= 4 is 5.65 Å². The third-order valence-corrected chi connectivity index (χ3v) is 5.07. The molecule has 12 nitrogen and oxygen atoms in total. The second kappa shape index (κ2) is 9.10. The number of halogens is 1. The monoisotopic (exact) mass is 472 g/mol. The summed E-state index contributed by atoms with van der Waals surface area (Å²) in [4.78, 5) is 13.1. The van der Waals surface area contributed by atoms with Gasteiger partial charge in [-0.2, -0.15) is 10.4 Å². The molecule has 5 aromatic rings. The van der Waals surface area contributed by atoms with Crippen LogP contribution in [0.4, 0.5) is 4.39 Å². The van der Waals surface area contributed by atoms with E-state index in [1.807, 2.05) is 6.92 Å². The lowest BCUT2D eigenvalue weighted by atomic mass is 10.0. The minimum atomic E-state index is -0.548. The van der Waals surface area contributed by atoms with E-state index in [9.17, 15) is 9.65 Å². The molecular weight excluding hydrogens is 455 g/mol. The smallest absolute Gasteiger partial charge is 0.233 e. The van der Waals surface area contributed by atoms with Crippen LogP contribution in [0.25, 0.3) is 28.3 Å². The van der Waals surface area contributed by atoms with Crippen molar-refractivity contribution < 1.29 is 13.9 Å². The van der Waals surface area contributed by atoms with Gasteiger partial charge in [-0.05, 0) is 35.5 Å². The van der Waals surface area contributed by atoms with Crippen molar-refractivity contribution in [3.05, 3.63) is 60.6 Å². The molecule has 13 heteroatoms. The molecular formula is C22H17FN10O2. The van der Waals surface area contributed by atoms with Crippen LogP contribution >= 0.6 is 0 Å². The number of methoxy groups -OCH3 is 1. The number of ether oxygens (including phenoxy) is 2. The Kier molecular flexibility index (Phi) is 5.68. The van der Waals surface area contributed by atoms with E-state index in [0.717, 1.165) is 6.07 Å². The third-order valence-electron chi connectivity index (χ3n) is 5.07. The summed E-state index contributed by atoms with van der Waals surface area (Å²) in [6.07, 6.45) is 5.79. The van der Waals surface area contributed by atoms with Gasteiger partial charge in [-0.1, -0.05) is 0 Å². The zero-order valence-corrected chi connectivity index (χ0v) is 18.6. The van der Waals surface area contributed by atoms with E-state index in [1.54, 1.807) is 23.0 Å². The predicted molar refractivity (Wildman–Crippen MR) is 119 cm³/mol. The van der Waals surface area contributed by atoms with Crippen molar-refractivity contribution in [2.24, 2.45) is 0 Å². The van der Waals surface area contributed by atoms with Crippen molar-refractivity contribution in [1.82, 2.24) is 44.8 Å². The maximum atomic E-state index is 14.3. The van der Waals surface area contributed by atoms with Crippen LogP contribution in [0.3, 0.4) is 0 Å². The Labute approximate surface area is 197 Å². The lowest BCUT2D eigenvalue weighted by molar-refractivity contribution is 0.185. The Morgan fingerprint density at radius 1 is 1.17 bits per heavy atom. The van der Waals surface area contributed by atoms with E-state index in [2.05, 4.69) is 41.6 Å². The highest BCUT2D eigenvalue weighted by atomic mass is 19.1. The van der Waals surface area contributed by atoms with Crippen LogP contribution in [0.2, 0.25) is 0 Å². The Balaban J connectivity index is 1.50. The maximum Gasteiger partial charge on any atom is 0.233 e. The molecule has 0 bridgehead atoms. The first kappa shape index (κ1) is 21.8. The molecule has 0 spiro atoms. The van der Waals surface area contributed by atoms with Crippen molar-refractivity contribution in [3.63, 3.8) is 0 Å². The molecule has 1 atom stereocenters. The fraction of sp³-hybridized carbons (Fsp3) is 0.182. The van der Waals surface area contributed by atoms with Crippen molar-refractivity contribution in [1.29, 1.82) is 5.26 Å². The molecule has 0 aliphatic carbocycles. The Hall–Kier alpha value is -4.99. The highest BCUT2D eigenvalue weighted by molar-refractivity contribution is 5.73. The largest absolute Gasteiger partial charge is 0.495 e. The van der Waals surface area contributed by atoms with Crippen molar-refractivity contribution in [3.8, 4) is 40.3 Å². The van der Waals surface area contributed by atoms with Gasteiger partial charge in [-0.25, -0.2) is 23.6 Å². The number of fused-ring (bicyclic) bond motifs is 1. The molecule has 0 fully saturated rings. The summed E-state index contributed by atoms with van der Waals surface area (Å²) >= 11 is 0. The molecule has 174 valence electrons. The summed E-state index contributed by atoms with van der Waals surface area (Å²) in [5.41, 5.74) is 2.34. The van der Waals surface area contributed by atoms with Crippen molar-refractivity contribution in [2.45, 2.75) is 19.6 Å². The van der Waals surface area contributed by atoms with Crippen LogP contribution in [0.5, 0.6) is 11.6 Å². The van der Waals surface area contributed by atoms with Gasteiger partial charge >= 0.3 is 0 Å². The van der Waals surface area contributed by atoms with E-state index in [4.69, 9.17) is 9.47 Å². The second-order valence-corrected chi connectivity index (χ2v) is 7.48. The maximum absolute atomic E-state index is 14.3. The zero-order valence-electron chi connectivity index (χ0n) is 18.6. The molecule has 0 aliphatic heterocycles. The summed E-state index contributed by atoms with van der Waals surface area (Å²) in [5, 5.41) is 25.3. The van der Waals surface area contributed by atoms with E-state index >= 15 is 0 Å². The Morgan fingerprint density at radius 3 is 2.83 bits per heavy atom. The van der Waals surface area contributed by atoms with Crippen LogP contribution in [0.15, 0.2) is 49.2 Å². The topological polar surface area (TPSA) is 142 Å². The first-order chi connectivity index (χ1) is 17.1. The van der Waals surface area contributed by atoms with Crippen LogP contribution in [-0.4, -0.2) is 58.0 Å². The Bertz CT molecular complexity index is 1540. The number of rotatable bonds is 7. The number of nitriles is 1. The normalized spacial score (nSPS) is 11.8. The fourth-order valence-electron chi connectivity index (χ4n) is 3.55. The number of aromatic nitrogens is 9. The average Bonchev–Trinajstić information content (AvgIpc) is 3.53. The van der Waals surface area contributed by atoms with Crippen LogP contribution in [0, 0.1) is 17.1 Å². The standard InChI is InChI=1S/C22H17FN10O2/c1-13(11-32-12-27-30-31-32)35-22-10-25-8-18(28-22)17-3-4-21-26-9-19(33(21)29-17)15-5-14(23)6-20(34-2)16(15)7-24/h3-6,8-10,12-13H,11H2,1-2H3. The second-order valence-electron chi connectivity index (χ2n) is 7.48. The molecule has 0 saturated heterocycles. The molecule has 0 saturated carbocycles. The van der Waals surface area contributed by atoms with Gasteiger partial charge in [-0.15, -0.1) is 5.10 Å². The first-order valence-electron chi connectivity index (χ1n) is 10.4. The summed E-state index contributed by atoms with van der Waals surface area (Å²) in [7, 11) is 1.38. The van der Waals surface area contributed by atoms with E-state index < -0.39 is 5.82 Å². The summed E-state index contributed by atoms with van der Waals surface area (Å²) in [6, 6.07) is 7.95. The minimum absolute atomic E-state index is 0.125. The van der Waals surface area contributed by atoms with Gasteiger partial charge in [0, 0.05) is 11.6 Å². The van der Waals surface area contributed by atoms with Gasteiger partial charge in [0.25, 0.3) is 0 Å². The highest BCUT2D eigenvalue weighted by Gasteiger charge is 2.18. The molecule has 5 rings (SSSR count). The molecule has 0 N–H and O–H groups in total. The van der Waals surface area contributed by atoms with Gasteiger partial charge in [0.2, 0.25) is 5.88 Å². The average molecular weight is 472 g/mol. The van der Waals surface area contributed by atoms with Gasteiger partial charge in [0.05, 0.1) is 37.9 Å². The summed E-state index contributed by atoms with van der Waals surface area (Å²) in [6.45, 7) is 2.29. The number of nitrogens with zero attached hydrogens (tertiary/aromatic N) is 10. The van der Waals surface area contributed by atoms with Crippen molar-refractivity contribution in [2.75, 3.05) is 7.11 Å². The van der Waals surface area contributed by atoms with Gasteiger partial charge in [0.1, 0.15) is 47.0 Å². The number of tetrazole rings is 1. The van der Waals surface area contributed by atoms with Crippen LogP contribution in [0.1, 0.15) is 12.5 Å². The highest BCUT2D eigenvalue weighted by Crippen LogP contribution is 2.32. The summed E-state index contributed by atoms with van der Waals surface area (Å²) < 4.78 is 28.4. The molecule has 4 aromatic heterocycles. The van der Waals surface area contributed by atoms with Crippen LogP contribution < -0.4 is 9.47 Å². The molecule has 0 aliphatic rings. The van der Waals surface area contributed by atoms with Gasteiger partial charge < -0.3 is 9.47 Å². The number of benzene rings is 1. The van der Waals surface area contributed by atoms with E-state index in [1.165, 1.54) is 36.4 Å². The minimum Gasteiger partial charge on any atom is -0.495 e. The van der Waals surface area contributed by atoms with E-state index in [0.29, 0.717) is 40.7 Å². The molecule has 0 amide bonds. The quantitative estimate of drug-likeness (QED) is 0.346. The van der Waals surface area contributed by atoms with Crippen LogP contribution in [-0.2, 0) is 6.54 Å². The molecule has 0 radical (unpaired) electrons.